The molecule has 0 radical (unpaired) electrons. The molecule has 0 atom stereocenters. The predicted octanol–water partition coefficient (Wildman–Crippen LogP) is 10.6. The van der Waals surface area contributed by atoms with Gasteiger partial charge in [-0.1, -0.05) is 6.07 Å². The molecule has 28 nitrogen and oxygen atoms in total. The van der Waals surface area contributed by atoms with Gasteiger partial charge in [-0.05, 0) is 98.6 Å². The number of aromatic nitrogens is 14. The first-order valence-corrected chi connectivity index (χ1v) is 34.0. The van der Waals surface area contributed by atoms with Gasteiger partial charge in [0.25, 0.3) is 29.6 Å². The number of hydrogen-bond acceptors (Lipinski definition) is 23. The average Bonchev–Trinajstić information content (AvgIpc) is 1.54. The second-order valence-corrected chi connectivity index (χ2v) is 25.3. The number of halogens is 7. The number of alkyl halides is 7. The molecule has 11 aromatic rings. The van der Waals surface area contributed by atoms with Crippen molar-refractivity contribution in [1.29, 1.82) is 0 Å². The smallest absolute Gasteiger partial charge is 0.433 e. The number of nitrogens with zero attached hydrogens (tertiary/aromatic N) is 17. The van der Waals surface area contributed by atoms with Crippen molar-refractivity contribution >= 4 is 74.2 Å². The number of carbonyl (C=O) groups is 3. The minimum Gasteiger partial charge on any atom is -0.474 e. The number of carbonyl (C=O) groups excluding carboxylic acids is 3. The Balaban J connectivity index is 0.000000151. The second-order valence-electron chi connectivity index (χ2n) is 25.3. The molecule has 0 spiro atoms. The summed E-state index contributed by atoms with van der Waals surface area (Å²) in [5, 5.41) is 25.9. The molecule has 35 heteroatoms. The maximum absolute atomic E-state index is 13.7. The van der Waals surface area contributed by atoms with E-state index >= 15 is 0 Å². The minimum atomic E-state index is -4.66. The summed E-state index contributed by atoms with van der Waals surface area (Å²) >= 11 is 0. The van der Waals surface area contributed by atoms with E-state index in [1.54, 1.807) is 59.1 Å². The average molecular weight is 1490 g/mol. The van der Waals surface area contributed by atoms with Crippen LogP contribution in [0.2, 0.25) is 0 Å². The summed E-state index contributed by atoms with van der Waals surface area (Å²) in [6, 6.07) is 17.4. The number of morpholine rings is 3. The van der Waals surface area contributed by atoms with Crippen molar-refractivity contribution in [2.45, 2.75) is 52.6 Å². The molecule has 10 aromatic heterocycles. The molecular weight excluding hydrogens is 1420 g/mol. The van der Waals surface area contributed by atoms with Crippen molar-refractivity contribution < 1.29 is 69.2 Å². The molecule has 14 rings (SSSR count). The zero-order valence-electron chi connectivity index (χ0n) is 59.5. The van der Waals surface area contributed by atoms with Crippen LogP contribution in [0.25, 0.3) is 56.0 Å². The van der Waals surface area contributed by atoms with Gasteiger partial charge in [-0.25, -0.2) is 33.7 Å². The van der Waals surface area contributed by atoms with E-state index in [9.17, 15) is 50.2 Å². The van der Waals surface area contributed by atoms with Gasteiger partial charge in [0.05, 0.1) is 82.4 Å². The summed E-state index contributed by atoms with van der Waals surface area (Å²) in [5.74, 6) is -5.39. The largest absolute Gasteiger partial charge is 0.474 e. The molecule has 3 aliphatic rings. The number of nitrogens with one attached hydrogen (secondary N) is 3. The summed E-state index contributed by atoms with van der Waals surface area (Å²) in [7, 11) is 3.67. The summed E-state index contributed by atoms with van der Waals surface area (Å²) in [6.07, 6.45) is 6.61. The van der Waals surface area contributed by atoms with Crippen LogP contribution in [0.3, 0.4) is 0 Å². The monoisotopic (exact) mass is 1490 g/mol. The molecule has 108 heavy (non-hydrogen) atoms. The van der Waals surface area contributed by atoms with Gasteiger partial charge in [0.2, 0.25) is 5.88 Å². The summed E-state index contributed by atoms with van der Waals surface area (Å²) in [4.78, 5) is 87.7. The van der Waals surface area contributed by atoms with Crippen LogP contribution in [-0.4, -0.2) is 184 Å². The molecule has 0 saturated carbocycles. The first-order valence-electron chi connectivity index (χ1n) is 34.0. The lowest BCUT2D eigenvalue weighted by molar-refractivity contribution is -0.141. The van der Waals surface area contributed by atoms with Gasteiger partial charge in [-0.3, -0.25) is 48.7 Å². The first-order chi connectivity index (χ1) is 51.7. The van der Waals surface area contributed by atoms with Crippen LogP contribution in [0.15, 0.2) is 122 Å². The molecule has 13 heterocycles. The second kappa shape index (κ2) is 32.5. The number of rotatable bonds is 17. The van der Waals surface area contributed by atoms with Crippen molar-refractivity contribution in [2.24, 2.45) is 14.1 Å². The van der Waals surface area contributed by atoms with Crippen LogP contribution in [0.1, 0.15) is 79.0 Å². The number of anilines is 6. The molecule has 0 aliphatic carbocycles. The van der Waals surface area contributed by atoms with Crippen LogP contribution in [0.5, 0.6) is 5.88 Å². The van der Waals surface area contributed by atoms with E-state index in [1.807, 2.05) is 40.1 Å². The van der Waals surface area contributed by atoms with Gasteiger partial charge in [0.1, 0.15) is 51.4 Å². The third-order valence-electron chi connectivity index (χ3n) is 17.5. The van der Waals surface area contributed by atoms with Gasteiger partial charge >= 0.3 is 6.18 Å². The SMILES string of the molecule is Cc1ccc(NC(=O)c2cc(C(C)(F)F)ccn2)cc1-c1cnc(OCCO)c(N2CCOCC2)c1.Cc1ncc(NC(=O)c2ccnc(C(C)(F)F)c2)cc1-c1nc(N2CCOCC2)c2c(cnn2C)n1.Cc1ncc(NC(=O)c2ccnc(C(F)(F)F)c2)cc1-c1nc(N2CCOCC2)c2c(cnn2C)n1. The van der Waals surface area contributed by atoms with Crippen molar-refractivity contribution in [1.82, 2.24) is 69.4 Å². The van der Waals surface area contributed by atoms with E-state index < -0.39 is 47.1 Å². The van der Waals surface area contributed by atoms with Crippen molar-refractivity contribution in [3.8, 4) is 39.8 Å². The molecule has 1 aromatic carbocycles. The molecule has 3 aliphatic heterocycles. The van der Waals surface area contributed by atoms with E-state index in [0.717, 1.165) is 71.4 Å². The minimum absolute atomic E-state index is 0.0614. The number of aliphatic hydroxyl groups excluding tert-OH is 1. The standard InChI is InChI=1S/C26H28F2N4O4.C24H24F2N8O2.C23H21F3N8O2/c1-17-3-4-20(31-24(34)22-14-19(5-6-29-22)26(2,27)28)15-21(17)18-13-23(32-7-10-35-11-8-32)25(30-16-18)36-12-9-33;1-14-17(11-16(12-28-14)30-23(35)15-4-5-27-19(10-15)24(2,25)26)21-31-18-13-29-33(3)20(18)22(32-21)34-6-8-36-9-7-34;1-13-16(10-15(11-28-13)30-22(35)14-3-4-27-18(9-14)23(24,25)26)20-31-17-12-29-33(2)19(17)21(32-20)34-5-7-36-8-6-34/h3-6,13-16,33H,7-12H2,1-2H3,(H,31,34);4-5,10-13H,6-9H2,1-3H3,(H,30,35);3-4,9-12H,5-8H2,1-2H3,(H,30,35). The van der Waals surface area contributed by atoms with Crippen molar-refractivity contribution in [3.63, 3.8) is 0 Å². The molecule has 0 unspecified atom stereocenters. The Kier molecular flexibility index (Phi) is 22.8. The lowest BCUT2D eigenvalue weighted by Gasteiger charge is -2.30. The lowest BCUT2D eigenvalue weighted by atomic mass is 10.0. The Morgan fingerprint density at radius 2 is 0.991 bits per heavy atom. The third kappa shape index (κ3) is 17.8. The molecule has 3 amide bonds. The third-order valence-corrected chi connectivity index (χ3v) is 17.5. The van der Waals surface area contributed by atoms with Crippen molar-refractivity contribution in [3.05, 3.63) is 173 Å². The highest BCUT2D eigenvalue weighted by Crippen LogP contribution is 2.38. The molecule has 562 valence electrons. The highest BCUT2D eigenvalue weighted by atomic mass is 19.4. The van der Waals surface area contributed by atoms with Crippen LogP contribution >= 0.6 is 0 Å². The quantitative estimate of drug-likeness (QED) is 0.0616. The Bertz CT molecular complexity index is 4900. The fraction of sp³-hybridized carbons (Fsp3) is 0.329. The van der Waals surface area contributed by atoms with Gasteiger partial charge in [-0.2, -0.15) is 32.1 Å². The number of amides is 3. The number of aliphatic hydroxyl groups is 1. The lowest BCUT2D eigenvalue weighted by Crippen LogP contribution is -2.37. The topological polar surface area (TPSA) is 319 Å². The van der Waals surface area contributed by atoms with Crippen LogP contribution in [0, 0.1) is 20.8 Å². The zero-order chi connectivity index (χ0) is 76.6. The number of fused-ring (bicyclic) bond motifs is 2. The fourth-order valence-electron chi connectivity index (χ4n) is 11.9. The van der Waals surface area contributed by atoms with Crippen molar-refractivity contribution in [2.75, 3.05) is 123 Å². The van der Waals surface area contributed by atoms with Crippen LogP contribution in [-0.2, 0) is 46.3 Å². The Morgan fingerprint density at radius 1 is 0.509 bits per heavy atom. The summed E-state index contributed by atoms with van der Waals surface area (Å²) < 4.78 is 119. The first kappa shape index (κ1) is 75.8. The Morgan fingerprint density at radius 3 is 1.49 bits per heavy atom. The molecule has 4 N–H and O–H groups in total. The highest BCUT2D eigenvalue weighted by molar-refractivity contribution is 6.06. The number of benzene rings is 1. The fourth-order valence-corrected chi connectivity index (χ4v) is 11.9. The predicted molar refractivity (Wildman–Crippen MR) is 385 cm³/mol. The van der Waals surface area contributed by atoms with Gasteiger partial charge in [0.15, 0.2) is 23.3 Å². The molecule has 0 bridgehead atoms. The highest BCUT2D eigenvalue weighted by Gasteiger charge is 2.34. The Hall–Kier alpha value is -11.8. The summed E-state index contributed by atoms with van der Waals surface area (Å²) in [5.41, 5.74) is 7.85. The maximum atomic E-state index is 13.7. The van der Waals surface area contributed by atoms with Gasteiger partial charge in [-0.15, -0.1) is 0 Å². The summed E-state index contributed by atoms with van der Waals surface area (Å²) in [6.45, 7) is 14.6. The van der Waals surface area contributed by atoms with E-state index in [2.05, 4.69) is 75.7 Å². The maximum Gasteiger partial charge on any atom is 0.433 e. The molecular formula is C73H73F7N20O8. The zero-order valence-corrected chi connectivity index (χ0v) is 59.5. The van der Waals surface area contributed by atoms with Crippen LogP contribution in [0.4, 0.5) is 65.1 Å². The van der Waals surface area contributed by atoms with Crippen LogP contribution < -0.4 is 35.4 Å². The number of hydrogen-bond donors (Lipinski definition) is 4. The number of pyridine rings is 6. The number of ether oxygens (including phenoxy) is 4. The molecule has 3 fully saturated rings. The number of aryl methyl sites for hydroxylation is 5. The Labute approximate surface area is 612 Å². The molecule has 3 saturated heterocycles. The van der Waals surface area contributed by atoms with E-state index in [0.29, 0.717) is 153 Å². The van der Waals surface area contributed by atoms with Gasteiger partial charge in [0, 0.05) is 142 Å². The van der Waals surface area contributed by atoms with E-state index in [4.69, 9.17) is 33.9 Å². The normalized spacial score (nSPS) is 14.2. The van der Waals surface area contributed by atoms with E-state index in [1.165, 1.54) is 43.0 Å². The van der Waals surface area contributed by atoms with E-state index in [-0.39, 0.29) is 41.3 Å². The van der Waals surface area contributed by atoms with Gasteiger partial charge < -0.3 is 54.7 Å².